The van der Waals surface area contributed by atoms with Crippen LogP contribution in [-0.2, 0) is 0 Å². The fourth-order valence-electron chi connectivity index (χ4n) is 3.53. The van der Waals surface area contributed by atoms with Crippen LogP contribution in [0.4, 0.5) is 0 Å². The van der Waals surface area contributed by atoms with Crippen LogP contribution in [0.1, 0.15) is 17.0 Å². The minimum atomic E-state index is -0.333. The molecule has 0 fully saturated rings. The third kappa shape index (κ3) is 2.72. The number of benzene rings is 3. The molecule has 0 aliphatic carbocycles. The van der Waals surface area contributed by atoms with E-state index in [0.717, 1.165) is 33.4 Å². The average molecular weight is 358 g/mol. The second kappa shape index (κ2) is 6.58. The lowest BCUT2D eigenvalue weighted by Crippen LogP contribution is -2.21. The van der Waals surface area contributed by atoms with E-state index in [9.17, 15) is 5.26 Å². The summed E-state index contributed by atoms with van der Waals surface area (Å²) in [5.41, 5.74) is 8.31. The molecule has 0 bridgehead atoms. The smallest absolute Gasteiger partial charge is 0.205 e. The lowest BCUT2D eigenvalue weighted by atomic mass is 9.81. The third-order valence-corrected chi connectivity index (χ3v) is 4.86. The van der Waals surface area contributed by atoms with Crippen molar-refractivity contribution in [3.8, 4) is 23.3 Å². The molecule has 0 spiro atoms. The minimum Gasteiger partial charge on any atom is -0.497 e. The second-order valence-electron chi connectivity index (χ2n) is 6.26. The SMILES string of the molecule is COc1ccc(C2C(C#N)=C(N)Oc3ccc4ccc(OC)cc4c32)cc1. The molecule has 3 aromatic rings. The van der Waals surface area contributed by atoms with Gasteiger partial charge < -0.3 is 19.9 Å². The standard InChI is InChI=1S/C22H18N2O3/c1-25-15-7-4-14(5-8-15)20-18(12-23)22(24)27-19-10-6-13-3-9-16(26-2)11-17(13)21(19)20/h3-11,20H,24H2,1-2H3. The summed E-state index contributed by atoms with van der Waals surface area (Å²) >= 11 is 0. The van der Waals surface area contributed by atoms with E-state index in [-0.39, 0.29) is 11.8 Å². The van der Waals surface area contributed by atoms with Gasteiger partial charge in [0, 0.05) is 5.56 Å². The summed E-state index contributed by atoms with van der Waals surface area (Å²) in [5.74, 6) is 1.94. The van der Waals surface area contributed by atoms with Crippen molar-refractivity contribution in [1.29, 1.82) is 5.26 Å². The number of hydrogen-bond acceptors (Lipinski definition) is 5. The number of methoxy groups -OCH3 is 2. The van der Waals surface area contributed by atoms with Gasteiger partial charge in [0.2, 0.25) is 5.88 Å². The van der Waals surface area contributed by atoms with Crippen LogP contribution in [0.5, 0.6) is 17.2 Å². The molecule has 1 aliphatic rings. The number of nitrogens with two attached hydrogens (primary N) is 1. The maximum Gasteiger partial charge on any atom is 0.205 e. The first kappa shape index (κ1) is 16.8. The molecule has 1 unspecified atom stereocenters. The van der Waals surface area contributed by atoms with Crippen LogP contribution in [-0.4, -0.2) is 14.2 Å². The number of nitrogens with zero attached hydrogens (tertiary/aromatic N) is 1. The average Bonchev–Trinajstić information content (AvgIpc) is 2.72. The van der Waals surface area contributed by atoms with E-state index >= 15 is 0 Å². The molecule has 2 N–H and O–H groups in total. The normalized spacial score (nSPS) is 15.7. The Kier molecular flexibility index (Phi) is 4.09. The highest BCUT2D eigenvalue weighted by Gasteiger charge is 2.32. The maximum atomic E-state index is 9.78. The van der Waals surface area contributed by atoms with Crippen molar-refractivity contribution < 1.29 is 14.2 Å². The van der Waals surface area contributed by atoms with Crippen molar-refractivity contribution in [2.75, 3.05) is 14.2 Å². The van der Waals surface area contributed by atoms with E-state index in [4.69, 9.17) is 19.9 Å². The molecule has 3 aromatic carbocycles. The summed E-state index contributed by atoms with van der Waals surface area (Å²) in [4.78, 5) is 0. The van der Waals surface area contributed by atoms with Gasteiger partial charge in [0.25, 0.3) is 0 Å². The first-order valence-corrected chi connectivity index (χ1v) is 8.48. The lowest BCUT2D eigenvalue weighted by Gasteiger charge is -2.28. The van der Waals surface area contributed by atoms with E-state index in [0.29, 0.717) is 11.3 Å². The maximum absolute atomic E-state index is 9.78. The van der Waals surface area contributed by atoms with Crippen LogP contribution in [0.15, 0.2) is 66.1 Å². The first-order chi connectivity index (χ1) is 13.2. The quantitative estimate of drug-likeness (QED) is 0.763. The van der Waals surface area contributed by atoms with Gasteiger partial charge in [-0.05, 0) is 46.7 Å². The molecule has 4 rings (SSSR count). The Hall–Kier alpha value is -3.65. The predicted molar refractivity (Wildman–Crippen MR) is 103 cm³/mol. The van der Waals surface area contributed by atoms with Crippen molar-refractivity contribution in [3.63, 3.8) is 0 Å². The van der Waals surface area contributed by atoms with E-state index in [2.05, 4.69) is 6.07 Å². The Bertz CT molecular complexity index is 1090. The fourth-order valence-corrected chi connectivity index (χ4v) is 3.53. The topological polar surface area (TPSA) is 77.5 Å². The number of nitriles is 1. The summed E-state index contributed by atoms with van der Waals surface area (Å²) in [7, 11) is 3.25. The van der Waals surface area contributed by atoms with E-state index < -0.39 is 0 Å². The van der Waals surface area contributed by atoms with Crippen LogP contribution >= 0.6 is 0 Å². The van der Waals surface area contributed by atoms with Crippen molar-refractivity contribution in [3.05, 3.63) is 77.2 Å². The zero-order chi connectivity index (χ0) is 19.0. The summed E-state index contributed by atoms with van der Waals surface area (Å²) < 4.78 is 16.4. The van der Waals surface area contributed by atoms with Gasteiger partial charge in [-0.25, -0.2) is 0 Å². The van der Waals surface area contributed by atoms with Gasteiger partial charge in [0.05, 0.1) is 20.1 Å². The van der Waals surface area contributed by atoms with Gasteiger partial charge in [-0.3, -0.25) is 0 Å². The number of fused-ring (bicyclic) bond motifs is 3. The monoisotopic (exact) mass is 358 g/mol. The minimum absolute atomic E-state index is 0.132. The van der Waals surface area contributed by atoms with Gasteiger partial charge >= 0.3 is 0 Å². The highest BCUT2D eigenvalue weighted by atomic mass is 16.5. The highest BCUT2D eigenvalue weighted by molar-refractivity contribution is 5.91. The molecule has 0 aromatic heterocycles. The Morgan fingerprint density at radius 3 is 2.30 bits per heavy atom. The molecule has 0 amide bonds. The van der Waals surface area contributed by atoms with Gasteiger partial charge in [-0.2, -0.15) is 5.26 Å². The Balaban J connectivity index is 2.01. The van der Waals surface area contributed by atoms with Crippen LogP contribution < -0.4 is 19.9 Å². The molecule has 27 heavy (non-hydrogen) atoms. The van der Waals surface area contributed by atoms with E-state index in [1.54, 1.807) is 14.2 Å². The summed E-state index contributed by atoms with van der Waals surface area (Å²) in [6, 6.07) is 19.6. The number of hydrogen-bond donors (Lipinski definition) is 1. The molecule has 5 nitrogen and oxygen atoms in total. The van der Waals surface area contributed by atoms with Crippen molar-refractivity contribution >= 4 is 10.8 Å². The molecule has 1 atom stereocenters. The Morgan fingerprint density at radius 2 is 1.63 bits per heavy atom. The van der Waals surface area contributed by atoms with Crippen LogP contribution in [0.3, 0.4) is 0 Å². The molecule has 1 aliphatic heterocycles. The van der Waals surface area contributed by atoms with Crippen LogP contribution in [0.2, 0.25) is 0 Å². The molecule has 0 saturated carbocycles. The van der Waals surface area contributed by atoms with Crippen molar-refractivity contribution in [1.82, 2.24) is 0 Å². The molecule has 0 radical (unpaired) electrons. The lowest BCUT2D eigenvalue weighted by molar-refractivity contribution is 0.394. The molecule has 1 heterocycles. The molecule has 0 saturated heterocycles. The van der Waals surface area contributed by atoms with Crippen molar-refractivity contribution in [2.45, 2.75) is 5.92 Å². The first-order valence-electron chi connectivity index (χ1n) is 8.48. The van der Waals surface area contributed by atoms with E-state index in [1.807, 2.05) is 54.6 Å². The predicted octanol–water partition coefficient (Wildman–Crippen LogP) is 4.08. The molecular formula is C22H18N2O3. The number of ether oxygens (including phenoxy) is 3. The fraction of sp³-hybridized carbons (Fsp3) is 0.136. The molecular weight excluding hydrogens is 340 g/mol. The summed E-state index contributed by atoms with van der Waals surface area (Å²) in [5, 5.41) is 11.8. The molecule has 134 valence electrons. The van der Waals surface area contributed by atoms with Crippen LogP contribution in [0.25, 0.3) is 10.8 Å². The molecule has 5 heteroatoms. The second-order valence-corrected chi connectivity index (χ2v) is 6.26. The van der Waals surface area contributed by atoms with Gasteiger partial charge in [-0.1, -0.05) is 24.3 Å². The summed E-state index contributed by atoms with van der Waals surface area (Å²) in [6.07, 6.45) is 0. The van der Waals surface area contributed by atoms with Gasteiger partial charge in [0.15, 0.2) is 0 Å². The summed E-state index contributed by atoms with van der Waals surface area (Å²) in [6.45, 7) is 0. The van der Waals surface area contributed by atoms with E-state index in [1.165, 1.54) is 0 Å². The Labute approximate surface area is 157 Å². The van der Waals surface area contributed by atoms with Gasteiger partial charge in [-0.15, -0.1) is 0 Å². The zero-order valence-corrected chi connectivity index (χ0v) is 15.0. The largest absolute Gasteiger partial charge is 0.497 e. The van der Waals surface area contributed by atoms with Gasteiger partial charge in [0.1, 0.15) is 28.9 Å². The Morgan fingerprint density at radius 1 is 0.963 bits per heavy atom. The van der Waals surface area contributed by atoms with Crippen molar-refractivity contribution in [2.24, 2.45) is 5.73 Å². The number of rotatable bonds is 3. The zero-order valence-electron chi connectivity index (χ0n) is 15.0. The highest BCUT2D eigenvalue weighted by Crippen LogP contribution is 2.46. The number of allylic oxidation sites excluding steroid dienone is 1. The third-order valence-electron chi connectivity index (χ3n) is 4.86. The van der Waals surface area contributed by atoms with Crippen LogP contribution in [0, 0.1) is 11.3 Å².